The van der Waals surface area contributed by atoms with Crippen molar-refractivity contribution in [1.82, 2.24) is 4.90 Å². The average Bonchev–Trinajstić information content (AvgIpc) is 2.63. The Morgan fingerprint density at radius 2 is 2.05 bits per heavy atom. The molecule has 0 unspecified atom stereocenters. The first kappa shape index (κ1) is 16.1. The number of hydrogen-bond donors (Lipinski definition) is 3. The van der Waals surface area contributed by atoms with Gasteiger partial charge in [-0.1, -0.05) is 0 Å². The third-order valence-electron chi connectivity index (χ3n) is 3.22. The van der Waals surface area contributed by atoms with Crippen LogP contribution in [0.15, 0.2) is 4.90 Å². The van der Waals surface area contributed by atoms with Gasteiger partial charge in [-0.25, -0.2) is 0 Å². The summed E-state index contributed by atoms with van der Waals surface area (Å²) < 4.78 is 0. The third-order valence-corrected chi connectivity index (χ3v) is 5.36. The topological polar surface area (TPSA) is 84.4 Å². The van der Waals surface area contributed by atoms with Gasteiger partial charge in [0.25, 0.3) is 5.91 Å². The molecule has 0 aliphatic carbocycles. The summed E-state index contributed by atoms with van der Waals surface area (Å²) in [6.07, 6.45) is 1.94. The Hall–Kier alpha value is -0.920. The van der Waals surface area contributed by atoms with E-state index >= 15 is 0 Å². The van der Waals surface area contributed by atoms with Gasteiger partial charge in [-0.15, -0.1) is 23.1 Å². The number of nitrogens with zero attached hydrogens (tertiary/aromatic N) is 1. The van der Waals surface area contributed by atoms with E-state index in [2.05, 4.69) is 24.1 Å². The van der Waals surface area contributed by atoms with Crippen LogP contribution in [0, 0.1) is 0 Å². The molecule has 0 aliphatic heterocycles. The second kappa shape index (κ2) is 6.02. The summed E-state index contributed by atoms with van der Waals surface area (Å²) >= 11 is 2.84. The van der Waals surface area contributed by atoms with Gasteiger partial charge < -0.3 is 21.7 Å². The fraction of sp³-hybridized carbons (Fsp3) is 0.583. The van der Waals surface area contributed by atoms with E-state index in [9.17, 15) is 4.79 Å². The highest BCUT2D eigenvalue weighted by molar-refractivity contribution is 7.99. The molecular formula is C12H22N4OS2. The minimum absolute atomic E-state index is 0.00131. The van der Waals surface area contributed by atoms with E-state index in [1.165, 1.54) is 23.1 Å². The van der Waals surface area contributed by atoms with Gasteiger partial charge in [-0.05, 0) is 34.2 Å². The van der Waals surface area contributed by atoms with Crippen molar-refractivity contribution < 1.29 is 4.79 Å². The maximum atomic E-state index is 11.3. The number of nitrogens with two attached hydrogens (primary N) is 2. The van der Waals surface area contributed by atoms with Crippen molar-refractivity contribution in [1.29, 1.82) is 0 Å². The number of likely N-dealkylation sites (N-methyl/N-ethyl adjacent to an activating group) is 1. The lowest BCUT2D eigenvalue weighted by molar-refractivity contribution is 0.100. The molecule has 0 saturated heterocycles. The van der Waals surface area contributed by atoms with E-state index < -0.39 is 5.91 Å². The van der Waals surface area contributed by atoms with Crippen molar-refractivity contribution in [3.8, 4) is 0 Å². The molecule has 0 spiro atoms. The van der Waals surface area contributed by atoms with Crippen LogP contribution in [-0.2, 0) is 0 Å². The van der Waals surface area contributed by atoms with Crippen molar-refractivity contribution in [3.05, 3.63) is 4.88 Å². The second-order valence-corrected chi connectivity index (χ2v) is 6.97. The highest BCUT2D eigenvalue weighted by atomic mass is 32.2. The van der Waals surface area contributed by atoms with Gasteiger partial charge in [0.15, 0.2) is 0 Å². The number of anilines is 2. The van der Waals surface area contributed by atoms with Gasteiger partial charge >= 0.3 is 0 Å². The molecule has 1 aromatic rings. The Morgan fingerprint density at radius 1 is 1.47 bits per heavy atom. The van der Waals surface area contributed by atoms with Crippen LogP contribution >= 0.6 is 23.1 Å². The van der Waals surface area contributed by atoms with Crippen molar-refractivity contribution >= 4 is 39.7 Å². The van der Waals surface area contributed by atoms with E-state index in [0.29, 0.717) is 10.6 Å². The Balaban J connectivity index is 2.96. The predicted molar refractivity (Wildman–Crippen MR) is 85.3 cm³/mol. The molecule has 0 aromatic carbocycles. The number of thioether (sulfide) groups is 1. The molecule has 1 aromatic heterocycles. The fourth-order valence-corrected chi connectivity index (χ4v) is 3.27. The molecule has 5 N–H and O–H groups in total. The number of carbonyl (C=O) groups is 1. The summed E-state index contributed by atoms with van der Waals surface area (Å²) in [5.74, 6) is -0.474. The van der Waals surface area contributed by atoms with E-state index in [4.69, 9.17) is 11.5 Å². The largest absolute Gasteiger partial charge is 0.396 e. The third kappa shape index (κ3) is 3.55. The molecule has 5 nitrogen and oxygen atoms in total. The first-order valence-corrected chi connectivity index (χ1v) is 7.92. The highest BCUT2D eigenvalue weighted by Gasteiger charge is 2.23. The van der Waals surface area contributed by atoms with Gasteiger partial charge in [-0.2, -0.15) is 0 Å². The standard InChI is InChI=1S/C12H22N4OS2/c1-12(2,16(3)4)6-15-11-9(18-5)7(13)8(19-11)10(14)17/h15H,6,13H2,1-5H3,(H2,14,17). The Labute approximate surface area is 122 Å². The molecular weight excluding hydrogens is 280 g/mol. The molecule has 0 atom stereocenters. The monoisotopic (exact) mass is 302 g/mol. The van der Waals surface area contributed by atoms with E-state index in [1.54, 1.807) is 0 Å². The Morgan fingerprint density at radius 3 is 2.47 bits per heavy atom. The maximum absolute atomic E-state index is 11.3. The zero-order valence-corrected chi connectivity index (χ0v) is 13.7. The lowest BCUT2D eigenvalue weighted by Gasteiger charge is -2.32. The van der Waals surface area contributed by atoms with Crippen LogP contribution < -0.4 is 16.8 Å². The van der Waals surface area contributed by atoms with Crippen LogP contribution in [0.2, 0.25) is 0 Å². The Bertz CT molecular complexity index is 469. The van der Waals surface area contributed by atoms with Gasteiger partial charge in [0.2, 0.25) is 0 Å². The summed E-state index contributed by atoms with van der Waals surface area (Å²) in [7, 11) is 4.07. The molecule has 108 valence electrons. The first-order chi connectivity index (χ1) is 8.70. The minimum Gasteiger partial charge on any atom is -0.396 e. The molecule has 0 radical (unpaired) electrons. The molecule has 0 saturated carbocycles. The number of thiophene rings is 1. The van der Waals surface area contributed by atoms with Gasteiger partial charge in [0, 0.05) is 12.1 Å². The summed E-state index contributed by atoms with van der Waals surface area (Å²) in [6.45, 7) is 5.04. The molecule has 0 aliphatic rings. The zero-order chi connectivity index (χ0) is 14.8. The lowest BCUT2D eigenvalue weighted by atomic mass is 10.0. The quantitative estimate of drug-likeness (QED) is 0.699. The zero-order valence-electron chi connectivity index (χ0n) is 12.0. The number of carbonyl (C=O) groups excluding carboxylic acids is 1. The average molecular weight is 302 g/mol. The van der Waals surface area contributed by atoms with Crippen molar-refractivity contribution in [2.45, 2.75) is 24.3 Å². The lowest BCUT2D eigenvalue weighted by Crippen LogP contribution is -2.44. The van der Waals surface area contributed by atoms with Crippen LogP contribution in [-0.4, -0.2) is 43.2 Å². The van der Waals surface area contributed by atoms with Gasteiger partial charge in [-0.3, -0.25) is 4.79 Å². The summed E-state index contributed by atoms with van der Waals surface area (Å²) in [5.41, 5.74) is 11.8. The second-order valence-electron chi connectivity index (χ2n) is 5.13. The van der Waals surface area contributed by atoms with Crippen LogP contribution in [0.3, 0.4) is 0 Å². The van der Waals surface area contributed by atoms with Crippen molar-refractivity contribution in [2.75, 3.05) is 37.9 Å². The number of nitrogens with one attached hydrogen (secondary N) is 1. The van der Waals surface area contributed by atoms with Crippen molar-refractivity contribution in [2.24, 2.45) is 5.73 Å². The van der Waals surface area contributed by atoms with Crippen LogP contribution in [0.5, 0.6) is 0 Å². The van der Waals surface area contributed by atoms with E-state index in [0.717, 1.165) is 16.4 Å². The van der Waals surface area contributed by atoms with E-state index in [-0.39, 0.29) is 5.54 Å². The summed E-state index contributed by atoms with van der Waals surface area (Å²) in [5, 5.41) is 4.28. The summed E-state index contributed by atoms with van der Waals surface area (Å²) in [4.78, 5) is 14.8. The Kier molecular flexibility index (Phi) is 5.11. The SMILES string of the molecule is CSc1c(NCC(C)(C)N(C)C)sc(C(N)=O)c1N. The van der Waals surface area contributed by atoms with E-state index in [1.807, 2.05) is 20.4 Å². The van der Waals surface area contributed by atoms with Crippen LogP contribution in [0.1, 0.15) is 23.5 Å². The number of nitrogen functional groups attached to an aromatic ring is 1. The number of amides is 1. The molecule has 1 rings (SSSR count). The number of primary amides is 1. The summed E-state index contributed by atoms with van der Waals surface area (Å²) in [6, 6.07) is 0. The van der Waals surface area contributed by atoms with Crippen LogP contribution in [0.25, 0.3) is 0 Å². The van der Waals surface area contributed by atoms with Crippen LogP contribution in [0.4, 0.5) is 10.7 Å². The number of rotatable bonds is 6. The normalized spacial score (nSPS) is 11.9. The molecule has 7 heteroatoms. The van der Waals surface area contributed by atoms with Crippen molar-refractivity contribution in [3.63, 3.8) is 0 Å². The smallest absolute Gasteiger partial charge is 0.261 e. The molecule has 19 heavy (non-hydrogen) atoms. The molecule has 0 fully saturated rings. The minimum atomic E-state index is -0.474. The number of hydrogen-bond acceptors (Lipinski definition) is 6. The van der Waals surface area contributed by atoms with Gasteiger partial charge in [0.1, 0.15) is 9.88 Å². The molecule has 1 heterocycles. The fourth-order valence-electron chi connectivity index (χ4n) is 1.39. The predicted octanol–water partition coefficient (Wildman–Crippen LogP) is 1.90. The molecule has 1 amide bonds. The van der Waals surface area contributed by atoms with Gasteiger partial charge in [0.05, 0.1) is 10.6 Å². The maximum Gasteiger partial charge on any atom is 0.261 e. The highest BCUT2D eigenvalue weighted by Crippen LogP contribution is 2.41. The molecule has 0 bridgehead atoms. The first-order valence-electron chi connectivity index (χ1n) is 5.88.